The lowest BCUT2D eigenvalue weighted by Gasteiger charge is -2.42. The maximum absolute atomic E-state index is 10.0. The average Bonchev–Trinajstić information content (AvgIpc) is 2.53. The number of rotatable bonds is 8. The number of ether oxygens (including phenoxy) is 2. The zero-order valence-electron chi connectivity index (χ0n) is 13.6. The largest absolute Gasteiger partial charge is 0.394 e. The molecule has 1 rings (SSSR count). The predicted molar refractivity (Wildman–Crippen MR) is 83.5 cm³/mol. The van der Waals surface area contributed by atoms with Gasteiger partial charge in [-0.25, -0.2) is 0 Å². The summed E-state index contributed by atoms with van der Waals surface area (Å²) in [5.41, 5.74) is -0.311. The van der Waals surface area contributed by atoms with Crippen molar-refractivity contribution in [2.45, 2.75) is 69.1 Å². The van der Waals surface area contributed by atoms with Crippen LogP contribution in [0.4, 0.5) is 0 Å². The quantitative estimate of drug-likeness (QED) is 0.379. The number of hydrogen-bond acceptors (Lipinski definition) is 7. The topological polar surface area (TPSA) is 120 Å². The molecule has 0 aromatic carbocycles. The van der Waals surface area contributed by atoms with Crippen LogP contribution in [-0.2, 0) is 9.47 Å². The van der Waals surface area contributed by atoms with Crippen molar-refractivity contribution in [1.29, 1.82) is 0 Å². The van der Waals surface area contributed by atoms with Crippen LogP contribution in [0.5, 0.6) is 0 Å². The molecule has 7 nitrogen and oxygen atoms in total. The van der Waals surface area contributed by atoms with Crippen molar-refractivity contribution in [1.82, 2.24) is 0 Å². The molecule has 7 unspecified atom stereocenters. The molecule has 0 bridgehead atoms. The van der Waals surface area contributed by atoms with E-state index in [1.54, 1.807) is 13.8 Å². The standard InChI is InChI=1S/C16H28O7/c1-5-16(4,7-6-10(18)9(2)3)23-15-14(21)13(20)12(19)11(8-17)22-15/h5,10-15,17-21H,1-2,6-8H2,3-4H3. The first kappa shape index (κ1) is 20.2. The molecule has 1 fully saturated rings. The summed E-state index contributed by atoms with van der Waals surface area (Å²) in [5.74, 6) is 0. The molecule has 0 saturated carbocycles. The Bertz CT molecular complexity index is 411. The van der Waals surface area contributed by atoms with Gasteiger partial charge in [0, 0.05) is 0 Å². The molecule has 0 spiro atoms. The maximum Gasteiger partial charge on any atom is 0.187 e. The molecule has 1 aliphatic heterocycles. The molecule has 0 aliphatic carbocycles. The monoisotopic (exact) mass is 332 g/mol. The lowest BCUT2D eigenvalue weighted by molar-refractivity contribution is -0.320. The normalized spacial score (nSPS) is 35.3. The Morgan fingerprint density at radius 1 is 1.30 bits per heavy atom. The van der Waals surface area contributed by atoms with Crippen molar-refractivity contribution in [3.63, 3.8) is 0 Å². The molecule has 7 atom stereocenters. The zero-order valence-corrected chi connectivity index (χ0v) is 13.6. The van der Waals surface area contributed by atoms with Crippen molar-refractivity contribution in [2.24, 2.45) is 0 Å². The lowest BCUT2D eigenvalue weighted by Crippen LogP contribution is -2.60. The first-order chi connectivity index (χ1) is 10.6. The van der Waals surface area contributed by atoms with Crippen LogP contribution in [0.1, 0.15) is 26.7 Å². The molecule has 1 saturated heterocycles. The van der Waals surface area contributed by atoms with Crippen LogP contribution in [0, 0.1) is 0 Å². The van der Waals surface area contributed by atoms with Crippen molar-refractivity contribution < 1.29 is 35.0 Å². The van der Waals surface area contributed by atoms with Crippen LogP contribution in [0.3, 0.4) is 0 Å². The van der Waals surface area contributed by atoms with Crippen LogP contribution < -0.4 is 0 Å². The fraction of sp³-hybridized carbons (Fsp3) is 0.750. The van der Waals surface area contributed by atoms with Gasteiger partial charge < -0.3 is 35.0 Å². The van der Waals surface area contributed by atoms with Gasteiger partial charge in [-0.05, 0) is 26.7 Å². The van der Waals surface area contributed by atoms with E-state index in [-0.39, 0.29) is 0 Å². The summed E-state index contributed by atoms with van der Waals surface area (Å²) < 4.78 is 11.0. The Hall–Kier alpha value is -0.800. The minimum atomic E-state index is -1.50. The number of aliphatic hydroxyl groups excluding tert-OH is 5. The van der Waals surface area contributed by atoms with Gasteiger partial charge in [0.25, 0.3) is 0 Å². The second kappa shape index (κ2) is 8.34. The zero-order chi connectivity index (χ0) is 17.8. The Morgan fingerprint density at radius 2 is 1.91 bits per heavy atom. The summed E-state index contributed by atoms with van der Waals surface area (Å²) in [4.78, 5) is 0. The molecule has 0 aromatic heterocycles. The summed E-state index contributed by atoms with van der Waals surface area (Å²) >= 11 is 0. The molecule has 134 valence electrons. The number of hydrogen-bond donors (Lipinski definition) is 5. The molecule has 0 radical (unpaired) electrons. The fourth-order valence-corrected chi connectivity index (χ4v) is 2.31. The van der Waals surface area contributed by atoms with E-state index in [1.807, 2.05) is 0 Å². The van der Waals surface area contributed by atoms with Gasteiger partial charge in [-0.1, -0.05) is 18.2 Å². The fourth-order valence-electron chi connectivity index (χ4n) is 2.31. The molecule has 1 aliphatic rings. The third kappa shape index (κ3) is 5.09. The summed E-state index contributed by atoms with van der Waals surface area (Å²) in [6, 6.07) is 0. The van der Waals surface area contributed by atoms with Crippen molar-refractivity contribution in [3.05, 3.63) is 24.8 Å². The SMILES string of the molecule is C=CC(C)(CCC(O)C(=C)C)OC1OC(CO)C(O)C(O)C1O. The minimum absolute atomic E-state index is 0.370. The highest BCUT2D eigenvalue weighted by Gasteiger charge is 2.46. The van der Waals surface area contributed by atoms with E-state index >= 15 is 0 Å². The van der Waals surface area contributed by atoms with E-state index in [4.69, 9.17) is 9.47 Å². The van der Waals surface area contributed by atoms with Gasteiger partial charge in [0.15, 0.2) is 6.29 Å². The smallest absolute Gasteiger partial charge is 0.187 e. The van der Waals surface area contributed by atoms with E-state index in [0.717, 1.165) is 0 Å². The Kier molecular flexibility index (Phi) is 7.34. The van der Waals surface area contributed by atoms with E-state index in [0.29, 0.717) is 18.4 Å². The molecule has 7 heteroatoms. The maximum atomic E-state index is 10.0. The second-order valence-corrected chi connectivity index (χ2v) is 6.23. The highest BCUT2D eigenvalue weighted by Crippen LogP contribution is 2.29. The molecular formula is C16H28O7. The van der Waals surface area contributed by atoms with Crippen LogP contribution in [-0.4, -0.2) is 74.6 Å². The van der Waals surface area contributed by atoms with Crippen molar-refractivity contribution >= 4 is 0 Å². The third-order valence-corrected chi connectivity index (χ3v) is 4.15. The molecule has 1 heterocycles. The molecule has 5 N–H and O–H groups in total. The van der Waals surface area contributed by atoms with Crippen LogP contribution in [0.2, 0.25) is 0 Å². The van der Waals surface area contributed by atoms with Gasteiger partial charge in [-0.2, -0.15) is 0 Å². The summed E-state index contributed by atoms with van der Waals surface area (Å²) in [7, 11) is 0. The summed E-state index contributed by atoms with van der Waals surface area (Å²) in [6.07, 6.45) is -5.11. The van der Waals surface area contributed by atoms with Gasteiger partial charge in [-0.3, -0.25) is 0 Å². The van der Waals surface area contributed by atoms with Crippen molar-refractivity contribution in [3.8, 4) is 0 Å². The predicted octanol–water partition coefficient (Wildman–Crippen LogP) is -0.535. The molecule has 0 amide bonds. The van der Waals surface area contributed by atoms with Crippen LogP contribution in [0.15, 0.2) is 24.8 Å². The summed E-state index contributed by atoms with van der Waals surface area (Å²) in [5, 5.41) is 48.5. The van der Waals surface area contributed by atoms with E-state index in [9.17, 15) is 25.5 Å². The van der Waals surface area contributed by atoms with Gasteiger partial charge in [0.1, 0.15) is 24.4 Å². The van der Waals surface area contributed by atoms with E-state index in [1.165, 1.54) is 6.08 Å². The van der Waals surface area contributed by atoms with Gasteiger partial charge in [-0.15, -0.1) is 6.58 Å². The first-order valence-electron chi connectivity index (χ1n) is 7.60. The van der Waals surface area contributed by atoms with Crippen LogP contribution in [0.25, 0.3) is 0 Å². The van der Waals surface area contributed by atoms with E-state index < -0.39 is 49.0 Å². The summed E-state index contributed by atoms with van der Waals surface area (Å²) in [6.45, 7) is 10.3. The number of aliphatic hydroxyl groups is 5. The van der Waals surface area contributed by atoms with E-state index in [2.05, 4.69) is 13.2 Å². The Balaban J connectivity index is 2.76. The first-order valence-corrected chi connectivity index (χ1v) is 7.60. The Labute approximate surface area is 136 Å². The lowest BCUT2D eigenvalue weighted by atomic mass is 9.94. The van der Waals surface area contributed by atoms with Crippen molar-refractivity contribution in [2.75, 3.05) is 6.61 Å². The minimum Gasteiger partial charge on any atom is -0.394 e. The van der Waals surface area contributed by atoms with Gasteiger partial charge >= 0.3 is 0 Å². The average molecular weight is 332 g/mol. The molecule has 0 aromatic rings. The third-order valence-electron chi connectivity index (χ3n) is 4.15. The van der Waals surface area contributed by atoms with Gasteiger partial charge in [0.05, 0.1) is 18.3 Å². The van der Waals surface area contributed by atoms with Gasteiger partial charge in [0.2, 0.25) is 0 Å². The highest BCUT2D eigenvalue weighted by molar-refractivity contribution is 5.01. The second-order valence-electron chi connectivity index (χ2n) is 6.23. The highest BCUT2D eigenvalue weighted by atomic mass is 16.7. The van der Waals surface area contributed by atoms with Crippen LogP contribution >= 0.6 is 0 Å². The molecular weight excluding hydrogens is 304 g/mol. The molecule has 23 heavy (non-hydrogen) atoms. The Morgan fingerprint density at radius 3 is 2.39 bits per heavy atom.